The number of methoxy groups -OCH3 is 1. The average Bonchev–Trinajstić information content (AvgIpc) is 3.56. The Morgan fingerprint density at radius 3 is 2.79 bits per heavy atom. The number of ether oxygens (including phenoxy) is 3. The van der Waals surface area contributed by atoms with Gasteiger partial charge in [-0.3, -0.25) is 9.36 Å². The van der Waals surface area contributed by atoms with Crippen molar-refractivity contribution in [3.05, 3.63) is 66.0 Å². The maximum absolute atomic E-state index is 12.6. The zero-order chi connectivity index (χ0) is 23.3. The smallest absolute Gasteiger partial charge is 0.230 e. The highest BCUT2D eigenvalue weighted by Gasteiger charge is 2.23. The van der Waals surface area contributed by atoms with Gasteiger partial charge in [-0.1, -0.05) is 42.1 Å². The Bertz CT molecular complexity index is 1280. The van der Waals surface area contributed by atoms with Crippen molar-refractivity contribution in [2.75, 3.05) is 26.0 Å². The number of nitrogens with zero attached hydrogens (tertiary/aromatic N) is 3. The lowest BCUT2D eigenvalue weighted by Crippen LogP contribution is -2.41. The Morgan fingerprint density at radius 2 is 1.97 bits per heavy atom. The Kier molecular flexibility index (Phi) is 6.68. The molecule has 1 atom stereocenters. The minimum Gasteiger partial charge on any atom is -0.495 e. The molecule has 34 heavy (non-hydrogen) atoms. The molecular formula is C24H22N4O4S2. The van der Waals surface area contributed by atoms with Crippen molar-refractivity contribution in [2.24, 2.45) is 0 Å². The van der Waals surface area contributed by atoms with Gasteiger partial charge >= 0.3 is 0 Å². The van der Waals surface area contributed by atoms with Crippen LogP contribution in [-0.2, 0) is 4.79 Å². The van der Waals surface area contributed by atoms with Gasteiger partial charge in [-0.25, -0.2) is 0 Å². The Labute approximate surface area is 204 Å². The molecule has 0 radical (unpaired) electrons. The third kappa shape index (κ3) is 4.73. The molecule has 0 bridgehead atoms. The molecule has 1 aliphatic rings. The molecular weight excluding hydrogens is 472 g/mol. The molecule has 0 fully saturated rings. The van der Waals surface area contributed by atoms with Crippen LogP contribution in [0.1, 0.15) is 0 Å². The number of amides is 1. The SMILES string of the molecule is COc1ccccc1-n1c(SCC(=O)NCC2COc3ccccc3O2)nnc1-c1cccs1. The van der Waals surface area contributed by atoms with E-state index in [1.54, 1.807) is 18.4 Å². The second kappa shape index (κ2) is 10.2. The van der Waals surface area contributed by atoms with Crippen LogP contribution in [0, 0.1) is 0 Å². The molecule has 3 heterocycles. The number of benzene rings is 2. The van der Waals surface area contributed by atoms with Crippen LogP contribution in [0.5, 0.6) is 17.2 Å². The number of fused-ring (bicyclic) bond motifs is 1. The molecule has 174 valence electrons. The van der Waals surface area contributed by atoms with Crippen LogP contribution >= 0.6 is 23.1 Å². The van der Waals surface area contributed by atoms with Gasteiger partial charge < -0.3 is 19.5 Å². The van der Waals surface area contributed by atoms with Crippen LogP contribution in [0.25, 0.3) is 16.4 Å². The van der Waals surface area contributed by atoms with Crippen LogP contribution < -0.4 is 19.5 Å². The summed E-state index contributed by atoms with van der Waals surface area (Å²) in [6, 6.07) is 19.1. The molecule has 1 aliphatic heterocycles. The highest BCUT2D eigenvalue weighted by molar-refractivity contribution is 7.99. The molecule has 1 amide bonds. The number of thioether (sulfide) groups is 1. The quantitative estimate of drug-likeness (QED) is 0.370. The van der Waals surface area contributed by atoms with E-state index in [4.69, 9.17) is 14.2 Å². The van der Waals surface area contributed by atoms with Gasteiger partial charge in [-0.15, -0.1) is 21.5 Å². The lowest BCUT2D eigenvalue weighted by Gasteiger charge is -2.26. The summed E-state index contributed by atoms with van der Waals surface area (Å²) >= 11 is 2.89. The Balaban J connectivity index is 1.27. The Morgan fingerprint density at radius 1 is 1.15 bits per heavy atom. The lowest BCUT2D eigenvalue weighted by molar-refractivity contribution is -0.119. The summed E-state index contributed by atoms with van der Waals surface area (Å²) in [5, 5.41) is 14.3. The van der Waals surface area contributed by atoms with E-state index in [9.17, 15) is 4.79 Å². The first kappa shape index (κ1) is 22.3. The molecule has 2 aromatic heterocycles. The third-order valence-electron chi connectivity index (χ3n) is 5.13. The molecule has 10 heteroatoms. The van der Waals surface area contributed by atoms with Crippen molar-refractivity contribution in [3.63, 3.8) is 0 Å². The summed E-state index contributed by atoms with van der Waals surface area (Å²) in [4.78, 5) is 13.6. The van der Waals surface area contributed by atoms with Crippen LogP contribution in [0.3, 0.4) is 0 Å². The summed E-state index contributed by atoms with van der Waals surface area (Å²) in [5.74, 6) is 2.86. The van der Waals surface area contributed by atoms with Crippen molar-refractivity contribution in [2.45, 2.75) is 11.3 Å². The fraction of sp³-hybridized carbons (Fsp3) is 0.208. The van der Waals surface area contributed by atoms with E-state index in [1.165, 1.54) is 11.8 Å². The summed E-state index contributed by atoms with van der Waals surface area (Å²) < 4.78 is 19.1. The molecule has 0 aliphatic carbocycles. The highest BCUT2D eigenvalue weighted by atomic mass is 32.2. The van der Waals surface area contributed by atoms with E-state index in [1.807, 2.05) is 70.6 Å². The van der Waals surface area contributed by atoms with Crippen molar-refractivity contribution in [1.82, 2.24) is 20.1 Å². The van der Waals surface area contributed by atoms with Gasteiger partial charge in [0.2, 0.25) is 5.91 Å². The summed E-state index contributed by atoms with van der Waals surface area (Å²) in [7, 11) is 1.63. The van der Waals surface area contributed by atoms with Gasteiger partial charge in [-0.05, 0) is 35.7 Å². The molecule has 4 aromatic rings. The molecule has 0 saturated carbocycles. The van der Waals surface area contributed by atoms with Gasteiger partial charge in [0.1, 0.15) is 18.5 Å². The largest absolute Gasteiger partial charge is 0.495 e. The van der Waals surface area contributed by atoms with Gasteiger partial charge in [0.05, 0.1) is 30.0 Å². The number of carbonyl (C=O) groups excluding carboxylic acids is 1. The number of rotatable bonds is 8. The lowest BCUT2D eigenvalue weighted by atomic mass is 10.2. The van der Waals surface area contributed by atoms with E-state index in [0.29, 0.717) is 35.6 Å². The van der Waals surface area contributed by atoms with E-state index in [-0.39, 0.29) is 17.8 Å². The predicted octanol–water partition coefficient (Wildman–Crippen LogP) is 4.05. The fourth-order valence-corrected chi connectivity index (χ4v) is 5.01. The second-order valence-electron chi connectivity index (χ2n) is 7.38. The molecule has 2 aromatic carbocycles. The van der Waals surface area contributed by atoms with Crippen LogP contribution in [0.15, 0.2) is 71.2 Å². The van der Waals surface area contributed by atoms with Crippen molar-refractivity contribution in [3.8, 4) is 33.6 Å². The summed E-state index contributed by atoms with van der Waals surface area (Å²) in [6.07, 6.45) is -0.244. The van der Waals surface area contributed by atoms with Gasteiger partial charge in [0, 0.05) is 0 Å². The first-order chi connectivity index (χ1) is 16.7. The normalized spacial score (nSPS) is 14.6. The number of hydrogen-bond donors (Lipinski definition) is 1. The minimum absolute atomic E-state index is 0.125. The van der Waals surface area contributed by atoms with E-state index in [2.05, 4.69) is 15.5 Å². The molecule has 1 N–H and O–H groups in total. The molecule has 0 saturated heterocycles. The second-order valence-corrected chi connectivity index (χ2v) is 9.27. The standard InChI is InChI=1S/C24H22N4O4S2/c1-30-18-8-3-2-7-17(18)28-23(21-11-6-12-33-21)26-27-24(28)34-15-22(29)25-13-16-14-31-19-9-4-5-10-20(19)32-16/h2-12,16H,13-15H2,1H3,(H,25,29). The Hall–Kier alpha value is -3.50. The average molecular weight is 495 g/mol. The minimum atomic E-state index is -0.244. The molecule has 5 rings (SSSR count). The first-order valence-electron chi connectivity index (χ1n) is 10.6. The maximum atomic E-state index is 12.6. The van der Waals surface area contributed by atoms with Crippen molar-refractivity contribution >= 4 is 29.0 Å². The maximum Gasteiger partial charge on any atom is 0.230 e. The highest BCUT2D eigenvalue weighted by Crippen LogP contribution is 2.34. The van der Waals surface area contributed by atoms with E-state index < -0.39 is 0 Å². The van der Waals surface area contributed by atoms with Crippen LogP contribution in [-0.4, -0.2) is 52.8 Å². The monoisotopic (exact) mass is 494 g/mol. The van der Waals surface area contributed by atoms with Gasteiger partial charge in [0.15, 0.2) is 22.5 Å². The number of hydrogen-bond acceptors (Lipinski definition) is 8. The fourth-order valence-electron chi connectivity index (χ4n) is 3.53. The molecule has 0 spiro atoms. The van der Waals surface area contributed by atoms with Crippen molar-refractivity contribution < 1.29 is 19.0 Å². The van der Waals surface area contributed by atoms with Crippen LogP contribution in [0.2, 0.25) is 0 Å². The molecule has 1 unspecified atom stereocenters. The zero-order valence-electron chi connectivity index (χ0n) is 18.3. The number of carbonyl (C=O) groups is 1. The third-order valence-corrected chi connectivity index (χ3v) is 6.92. The predicted molar refractivity (Wildman–Crippen MR) is 131 cm³/mol. The summed E-state index contributed by atoms with van der Waals surface area (Å²) in [6.45, 7) is 0.740. The van der Waals surface area contributed by atoms with Crippen molar-refractivity contribution in [1.29, 1.82) is 0 Å². The first-order valence-corrected chi connectivity index (χ1v) is 12.5. The zero-order valence-corrected chi connectivity index (χ0v) is 20.0. The number of thiophene rings is 1. The van der Waals surface area contributed by atoms with Gasteiger partial charge in [0.25, 0.3) is 0 Å². The van der Waals surface area contributed by atoms with Gasteiger partial charge in [-0.2, -0.15) is 0 Å². The summed E-state index contributed by atoms with van der Waals surface area (Å²) in [5.41, 5.74) is 0.813. The number of para-hydroxylation sites is 4. The van der Waals surface area contributed by atoms with E-state index in [0.717, 1.165) is 16.3 Å². The number of nitrogens with one attached hydrogen (secondary N) is 1. The number of aromatic nitrogens is 3. The topological polar surface area (TPSA) is 87.5 Å². The van der Waals surface area contributed by atoms with Crippen LogP contribution in [0.4, 0.5) is 0 Å². The van der Waals surface area contributed by atoms with E-state index >= 15 is 0 Å². The molecule has 8 nitrogen and oxygen atoms in total.